The SMILES string of the molecule is COc1cccc(CC(C)O)c1OC1CCCC1. The van der Waals surface area contributed by atoms with Crippen LogP contribution in [0.2, 0.25) is 0 Å². The molecule has 1 atom stereocenters. The van der Waals surface area contributed by atoms with Crippen molar-refractivity contribution in [3.63, 3.8) is 0 Å². The Bertz CT molecular complexity index is 381. The van der Waals surface area contributed by atoms with E-state index in [0.717, 1.165) is 29.9 Å². The Balaban J connectivity index is 2.22. The minimum atomic E-state index is -0.372. The summed E-state index contributed by atoms with van der Waals surface area (Å²) in [7, 11) is 1.66. The van der Waals surface area contributed by atoms with Gasteiger partial charge in [-0.05, 0) is 38.7 Å². The summed E-state index contributed by atoms with van der Waals surface area (Å²) in [5.41, 5.74) is 1.02. The Labute approximate surface area is 109 Å². The van der Waals surface area contributed by atoms with Gasteiger partial charge < -0.3 is 14.6 Å². The van der Waals surface area contributed by atoms with Gasteiger partial charge in [-0.3, -0.25) is 0 Å². The summed E-state index contributed by atoms with van der Waals surface area (Å²) < 4.78 is 11.5. The van der Waals surface area contributed by atoms with Crippen LogP contribution in [0.3, 0.4) is 0 Å². The molecule has 0 amide bonds. The van der Waals surface area contributed by atoms with E-state index >= 15 is 0 Å². The standard InChI is InChI=1S/C15H22O3/c1-11(16)10-12-6-5-9-14(17-2)15(12)18-13-7-3-4-8-13/h5-6,9,11,13,16H,3-4,7-8,10H2,1-2H3. The highest BCUT2D eigenvalue weighted by atomic mass is 16.5. The maximum Gasteiger partial charge on any atom is 0.164 e. The lowest BCUT2D eigenvalue weighted by molar-refractivity contribution is 0.181. The van der Waals surface area contributed by atoms with Crippen molar-refractivity contribution >= 4 is 0 Å². The van der Waals surface area contributed by atoms with Crippen LogP contribution in [-0.4, -0.2) is 24.4 Å². The number of para-hydroxylation sites is 1. The number of methoxy groups -OCH3 is 1. The third kappa shape index (κ3) is 3.16. The Kier molecular flexibility index (Phi) is 4.48. The van der Waals surface area contributed by atoms with Crippen molar-refractivity contribution in [2.45, 2.75) is 51.2 Å². The molecule has 1 aliphatic rings. The summed E-state index contributed by atoms with van der Waals surface area (Å²) in [6.45, 7) is 1.79. The average Bonchev–Trinajstić information content (AvgIpc) is 2.83. The minimum absolute atomic E-state index is 0.300. The van der Waals surface area contributed by atoms with Crippen LogP contribution in [0.5, 0.6) is 11.5 Å². The van der Waals surface area contributed by atoms with Gasteiger partial charge in [0, 0.05) is 12.0 Å². The van der Waals surface area contributed by atoms with Crippen molar-refractivity contribution in [1.29, 1.82) is 0 Å². The van der Waals surface area contributed by atoms with E-state index in [4.69, 9.17) is 9.47 Å². The van der Waals surface area contributed by atoms with Crippen LogP contribution in [-0.2, 0) is 6.42 Å². The number of aliphatic hydroxyl groups is 1. The molecule has 1 N–H and O–H groups in total. The maximum absolute atomic E-state index is 9.56. The Hall–Kier alpha value is -1.22. The molecule has 1 saturated carbocycles. The molecule has 100 valence electrons. The second-order valence-electron chi connectivity index (χ2n) is 5.03. The van der Waals surface area contributed by atoms with Crippen LogP contribution < -0.4 is 9.47 Å². The maximum atomic E-state index is 9.56. The van der Waals surface area contributed by atoms with Gasteiger partial charge in [0.1, 0.15) is 0 Å². The van der Waals surface area contributed by atoms with Gasteiger partial charge in [0.2, 0.25) is 0 Å². The van der Waals surface area contributed by atoms with Crippen LogP contribution in [0.15, 0.2) is 18.2 Å². The molecular weight excluding hydrogens is 228 g/mol. The molecule has 3 nitrogen and oxygen atoms in total. The van der Waals surface area contributed by atoms with E-state index in [9.17, 15) is 5.11 Å². The number of hydrogen-bond donors (Lipinski definition) is 1. The molecule has 0 bridgehead atoms. The van der Waals surface area contributed by atoms with Gasteiger partial charge in [-0.15, -0.1) is 0 Å². The number of benzene rings is 1. The Morgan fingerprint density at radius 3 is 2.67 bits per heavy atom. The molecule has 1 aromatic rings. The van der Waals surface area contributed by atoms with E-state index in [2.05, 4.69) is 0 Å². The lowest BCUT2D eigenvalue weighted by Gasteiger charge is -2.19. The third-order valence-electron chi connectivity index (χ3n) is 3.38. The van der Waals surface area contributed by atoms with Gasteiger partial charge in [0.25, 0.3) is 0 Å². The van der Waals surface area contributed by atoms with Crippen molar-refractivity contribution < 1.29 is 14.6 Å². The smallest absolute Gasteiger partial charge is 0.164 e. The Morgan fingerprint density at radius 2 is 2.06 bits per heavy atom. The van der Waals surface area contributed by atoms with Gasteiger partial charge >= 0.3 is 0 Å². The summed E-state index contributed by atoms with van der Waals surface area (Å²) in [4.78, 5) is 0. The highest BCUT2D eigenvalue weighted by Gasteiger charge is 2.20. The molecule has 0 spiro atoms. The van der Waals surface area contributed by atoms with Crippen LogP contribution in [0.4, 0.5) is 0 Å². The summed E-state index contributed by atoms with van der Waals surface area (Å²) in [6, 6.07) is 5.85. The first-order valence-electron chi connectivity index (χ1n) is 6.71. The van der Waals surface area contributed by atoms with Crippen molar-refractivity contribution in [3.8, 4) is 11.5 Å². The molecule has 2 rings (SSSR count). The Morgan fingerprint density at radius 1 is 1.33 bits per heavy atom. The average molecular weight is 250 g/mol. The number of ether oxygens (including phenoxy) is 2. The van der Waals surface area contributed by atoms with Crippen molar-refractivity contribution in [2.24, 2.45) is 0 Å². The zero-order valence-electron chi connectivity index (χ0n) is 11.2. The fourth-order valence-electron chi connectivity index (χ4n) is 2.51. The number of rotatable bonds is 5. The van der Waals surface area contributed by atoms with Gasteiger partial charge in [-0.2, -0.15) is 0 Å². The molecule has 0 radical (unpaired) electrons. The fourth-order valence-corrected chi connectivity index (χ4v) is 2.51. The third-order valence-corrected chi connectivity index (χ3v) is 3.38. The van der Waals surface area contributed by atoms with Gasteiger partial charge in [0.15, 0.2) is 11.5 Å². The highest BCUT2D eigenvalue weighted by Crippen LogP contribution is 2.35. The van der Waals surface area contributed by atoms with E-state index in [1.54, 1.807) is 14.0 Å². The molecule has 1 unspecified atom stereocenters. The topological polar surface area (TPSA) is 38.7 Å². The molecule has 0 heterocycles. The predicted octanol–water partition coefficient (Wildman–Crippen LogP) is 2.94. The first kappa shape index (κ1) is 13.2. The van der Waals surface area contributed by atoms with E-state index < -0.39 is 0 Å². The molecule has 0 saturated heterocycles. The quantitative estimate of drug-likeness (QED) is 0.873. The second-order valence-corrected chi connectivity index (χ2v) is 5.03. The normalized spacial score (nSPS) is 17.7. The zero-order chi connectivity index (χ0) is 13.0. The van der Waals surface area contributed by atoms with E-state index in [1.165, 1.54) is 12.8 Å². The molecular formula is C15H22O3. The second kappa shape index (κ2) is 6.10. The first-order chi connectivity index (χ1) is 8.70. The molecule has 0 aromatic heterocycles. The van der Waals surface area contributed by atoms with E-state index in [1.807, 2.05) is 18.2 Å². The molecule has 1 fully saturated rings. The summed E-state index contributed by atoms with van der Waals surface area (Å²) in [5.74, 6) is 1.58. The lowest BCUT2D eigenvalue weighted by Crippen LogP contribution is -2.14. The summed E-state index contributed by atoms with van der Waals surface area (Å²) in [6.07, 6.45) is 5.24. The molecule has 18 heavy (non-hydrogen) atoms. The molecule has 0 aliphatic heterocycles. The molecule has 1 aliphatic carbocycles. The predicted molar refractivity (Wildman–Crippen MR) is 71.3 cm³/mol. The van der Waals surface area contributed by atoms with Crippen LogP contribution in [0.1, 0.15) is 38.2 Å². The van der Waals surface area contributed by atoms with E-state index in [-0.39, 0.29) is 6.10 Å². The monoisotopic (exact) mass is 250 g/mol. The lowest BCUT2D eigenvalue weighted by atomic mass is 10.1. The van der Waals surface area contributed by atoms with Crippen LogP contribution >= 0.6 is 0 Å². The highest BCUT2D eigenvalue weighted by molar-refractivity contribution is 5.47. The fraction of sp³-hybridized carbons (Fsp3) is 0.600. The largest absolute Gasteiger partial charge is 0.493 e. The van der Waals surface area contributed by atoms with Gasteiger partial charge in [-0.25, -0.2) is 0 Å². The number of hydrogen-bond acceptors (Lipinski definition) is 3. The summed E-state index contributed by atoms with van der Waals surface area (Å²) in [5, 5.41) is 9.56. The van der Waals surface area contributed by atoms with Crippen molar-refractivity contribution in [3.05, 3.63) is 23.8 Å². The van der Waals surface area contributed by atoms with Crippen molar-refractivity contribution in [2.75, 3.05) is 7.11 Å². The number of aliphatic hydroxyl groups excluding tert-OH is 1. The zero-order valence-corrected chi connectivity index (χ0v) is 11.2. The van der Waals surface area contributed by atoms with E-state index in [0.29, 0.717) is 12.5 Å². The molecule has 1 aromatic carbocycles. The molecule has 3 heteroatoms. The first-order valence-corrected chi connectivity index (χ1v) is 6.71. The minimum Gasteiger partial charge on any atom is -0.493 e. The summed E-state index contributed by atoms with van der Waals surface area (Å²) >= 11 is 0. The van der Waals surface area contributed by atoms with Gasteiger partial charge in [0.05, 0.1) is 19.3 Å². The van der Waals surface area contributed by atoms with Crippen molar-refractivity contribution in [1.82, 2.24) is 0 Å². The van der Waals surface area contributed by atoms with Crippen LogP contribution in [0, 0.1) is 0 Å². The van der Waals surface area contributed by atoms with Gasteiger partial charge in [-0.1, -0.05) is 12.1 Å². The van der Waals surface area contributed by atoms with Crippen LogP contribution in [0.25, 0.3) is 0 Å².